The molecule has 14 heavy (non-hydrogen) atoms. The Labute approximate surface area is 82.9 Å². The molecule has 0 aliphatic carbocycles. The monoisotopic (exact) mass is 193 g/mol. The molecule has 1 aromatic rings. The average molecular weight is 193 g/mol. The van der Waals surface area contributed by atoms with Crippen LogP contribution in [0.25, 0.3) is 0 Å². The van der Waals surface area contributed by atoms with Crippen LogP contribution in [0.4, 0.5) is 11.5 Å². The number of nitrogens with zero attached hydrogens (tertiary/aromatic N) is 2. The number of anilines is 2. The Hall–Kier alpha value is -1.36. The van der Waals surface area contributed by atoms with Gasteiger partial charge in [-0.25, -0.2) is 0 Å². The molecule has 0 bridgehead atoms. The molecule has 1 saturated heterocycles. The Morgan fingerprint density at radius 1 is 1.43 bits per heavy atom. The van der Waals surface area contributed by atoms with Gasteiger partial charge in [0.15, 0.2) is 5.82 Å². The summed E-state index contributed by atoms with van der Waals surface area (Å²) in [7, 11) is 0. The largest absolute Gasteiger partial charge is 0.396 e. The molecule has 0 spiro atoms. The first-order valence-electron chi connectivity index (χ1n) is 4.84. The van der Waals surface area contributed by atoms with Crippen molar-refractivity contribution >= 4 is 11.5 Å². The Bertz CT molecular complexity index is 319. The third-order valence-electron chi connectivity index (χ3n) is 2.56. The van der Waals surface area contributed by atoms with E-state index in [9.17, 15) is 0 Å². The summed E-state index contributed by atoms with van der Waals surface area (Å²) in [6.07, 6.45) is 2.14. The highest BCUT2D eigenvalue weighted by Crippen LogP contribution is 2.16. The fourth-order valence-electron chi connectivity index (χ4n) is 1.74. The lowest BCUT2D eigenvalue weighted by atomic mass is 10.0. The van der Waals surface area contributed by atoms with Gasteiger partial charge >= 0.3 is 0 Å². The summed E-state index contributed by atoms with van der Waals surface area (Å²) in [6.45, 7) is 2.16. The van der Waals surface area contributed by atoms with Gasteiger partial charge in [0.25, 0.3) is 0 Å². The normalized spacial score (nSPS) is 21.3. The third kappa shape index (κ3) is 1.93. The SMILES string of the molecule is Nc1cc(CC2CCNC2)nnc1N. The van der Waals surface area contributed by atoms with Gasteiger partial charge in [0.1, 0.15) is 0 Å². The van der Waals surface area contributed by atoms with E-state index in [1.165, 1.54) is 6.42 Å². The molecule has 1 unspecified atom stereocenters. The summed E-state index contributed by atoms with van der Waals surface area (Å²) in [5, 5.41) is 11.1. The van der Waals surface area contributed by atoms with Gasteiger partial charge in [0.05, 0.1) is 11.4 Å². The van der Waals surface area contributed by atoms with Gasteiger partial charge < -0.3 is 16.8 Å². The van der Waals surface area contributed by atoms with E-state index in [4.69, 9.17) is 11.5 Å². The lowest BCUT2D eigenvalue weighted by Crippen LogP contribution is -2.12. The second-order valence-electron chi connectivity index (χ2n) is 3.74. The number of rotatable bonds is 2. The number of nitrogen functional groups attached to an aromatic ring is 2. The van der Waals surface area contributed by atoms with Crippen molar-refractivity contribution < 1.29 is 0 Å². The minimum atomic E-state index is 0.318. The lowest BCUT2D eigenvalue weighted by Gasteiger charge is -2.07. The van der Waals surface area contributed by atoms with Crippen molar-refractivity contribution in [2.45, 2.75) is 12.8 Å². The first-order chi connectivity index (χ1) is 6.75. The topological polar surface area (TPSA) is 89.8 Å². The van der Waals surface area contributed by atoms with Crippen LogP contribution in [0, 0.1) is 5.92 Å². The summed E-state index contributed by atoms with van der Waals surface area (Å²) in [6, 6.07) is 1.82. The van der Waals surface area contributed by atoms with Gasteiger partial charge in [-0.05, 0) is 37.9 Å². The second kappa shape index (κ2) is 3.79. The Balaban J connectivity index is 2.05. The fourth-order valence-corrected chi connectivity index (χ4v) is 1.74. The zero-order chi connectivity index (χ0) is 9.97. The van der Waals surface area contributed by atoms with Crippen LogP contribution >= 0.6 is 0 Å². The molecule has 0 saturated carbocycles. The quantitative estimate of drug-likeness (QED) is 0.605. The Morgan fingerprint density at radius 3 is 2.93 bits per heavy atom. The van der Waals surface area contributed by atoms with E-state index in [1.54, 1.807) is 0 Å². The van der Waals surface area contributed by atoms with Crippen molar-refractivity contribution in [2.24, 2.45) is 5.92 Å². The minimum absolute atomic E-state index is 0.318. The number of hydrogen-bond donors (Lipinski definition) is 3. The molecule has 1 aliphatic heterocycles. The lowest BCUT2D eigenvalue weighted by molar-refractivity contribution is 0.568. The predicted octanol–water partition coefficient (Wildman–Crippen LogP) is -0.207. The van der Waals surface area contributed by atoms with Crippen molar-refractivity contribution in [1.82, 2.24) is 15.5 Å². The van der Waals surface area contributed by atoms with Crippen LogP contribution in [0.5, 0.6) is 0 Å². The fraction of sp³-hybridized carbons (Fsp3) is 0.556. The van der Waals surface area contributed by atoms with Crippen LogP contribution in [0.3, 0.4) is 0 Å². The average Bonchev–Trinajstić information content (AvgIpc) is 2.64. The number of nitrogens with one attached hydrogen (secondary N) is 1. The van der Waals surface area contributed by atoms with E-state index in [-0.39, 0.29) is 0 Å². The molecule has 5 N–H and O–H groups in total. The first kappa shape index (κ1) is 9.21. The highest BCUT2D eigenvalue weighted by molar-refractivity contribution is 5.57. The highest BCUT2D eigenvalue weighted by Gasteiger charge is 2.16. The molecule has 1 aliphatic rings. The summed E-state index contributed by atoms with van der Waals surface area (Å²) in [5.74, 6) is 0.977. The Kier molecular flexibility index (Phi) is 2.49. The van der Waals surface area contributed by atoms with Crippen LogP contribution in [-0.2, 0) is 6.42 Å². The zero-order valence-electron chi connectivity index (χ0n) is 8.03. The molecule has 2 heterocycles. The minimum Gasteiger partial charge on any atom is -0.396 e. The second-order valence-corrected chi connectivity index (χ2v) is 3.74. The van der Waals surface area contributed by atoms with Crippen LogP contribution in [0.1, 0.15) is 12.1 Å². The van der Waals surface area contributed by atoms with Gasteiger partial charge in [-0.1, -0.05) is 0 Å². The number of hydrogen-bond acceptors (Lipinski definition) is 5. The molecular weight excluding hydrogens is 178 g/mol. The van der Waals surface area contributed by atoms with E-state index in [1.807, 2.05) is 6.07 Å². The standard InChI is InChI=1S/C9H15N5/c10-8-4-7(13-14-9(8)11)3-6-1-2-12-5-6/h4,6,12H,1-3,5H2,(H2,10,13)(H2,11,14). The maximum Gasteiger partial charge on any atom is 0.169 e. The van der Waals surface area contributed by atoms with E-state index >= 15 is 0 Å². The van der Waals surface area contributed by atoms with Crippen molar-refractivity contribution in [3.05, 3.63) is 11.8 Å². The molecule has 0 amide bonds. The molecule has 1 aromatic heterocycles. The molecule has 1 fully saturated rings. The molecule has 5 nitrogen and oxygen atoms in total. The summed E-state index contributed by atoms with van der Waals surface area (Å²) < 4.78 is 0. The van der Waals surface area contributed by atoms with Gasteiger partial charge in [0, 0.05) is 0 Å². The van der Waals surface area contributed by atoms with Crippen molar-refractivity contribution in [3.63, 3.8) is 0 Å². The summed E-state index contributed by atoms with van der Waals surface area (Å²) >= 11 is 0. The molecule has 5 heteroatoms. The molecule has 0 aromatic carbocycles. The van der Waals surface area contributed by atoms with Gasteiger partial charge in [0.2, 0.25) is 0 Å². The zero-order valence-corrected chi connectivity index (χ0v) is 8.03. The van der Waals surface area contributed by atoms with Gasteiger partial charge in [-0.3, -0.25) is 0 Å². The predicted molar refractivity (Wildman–Crippen MR) is 55.5 cm³/mol. The van der Waals surface area contributed by atoms with Crippen molar-refractivity contribution in [1.29, 1.82) is 0 Å². The first-order valence-corrected chi connectivity index (χ1v) is 4.84. The summed E-state index contributed by atoms with van der Waals surface area (Å²) in [5.41, 5.74) is 12.6. The smallest absolute Gasteiger partial charge is 0.169 e. The van der Waals surface area contributed by atoms with E-state index in [0.717, 1.165) is 25.2 Å². The van der Waals surface area contributed by atoms with Crippen LogP contribution in [0.15, 0.2) is 6.07 Å². The number of nitrogens with two attached hydrogens (primary N) is 2. The maximum absolute atomic E-state index is 5.65. The van der Waals surface area contributed by atoms with Crippen LogP contribution in [-0.4, -0.2) is 23.3 Å². The molecule has 0 radical (unpaired) electrons. The number of aromatic nitrogens is 2. The van der Waals surface area contributed by atoms with Gasteiger partial charge in [-0.15, -0.1) is 5.10 Å². The third-order valence-corrected chi connectivity index (χ3v) is 2.56. The van der Waals surface area contributed by atoms with Crippen molar-refractivity contribution in [3.8, 4) is 0 Å². The van der Waals surface area contributed by atoms with E-state index in [2.05, 4.69) is 15.5 Å². The van der Waals surface area contributed by atoms with Crippen LogP contribution in [0.2, 0.25) is 0 Å². The van der Waals surface area contributed by atoms with Gasteiger partial charge in [-0.2, -0.15) is 5.10 Å². The Morgan fingerprint density at radius 2 is 2.29 bits per heavy atom. The van der Waals surface area contributed by atoms with E-state index < -0.39 is 0 Å². The maximum atomic E-state index is 5.65. The molecule has 76 valence electrons. The highest BCUT2D eigenvalue weighted by atomic mass is 15.1. The molecule has 1 atom stereocenters. The molecular formula is C9H15N5. The molecule has 2 rings (SSSR count). The van der Waals surface area contributed by atoms with E-state index in [0.29, 0.717) is 17.4 Å². The van der Waals surface area contributed by atoms with Crippen molar-refractivity contribution in [2.75, 3.05) is 24.6 Å². The van der Waals surface area contributed by atoms with Crippen LogP contribution < -0.4 is 16.8 Å². The summed E-state index contributed by atoms with van der Waals surface area (Å²) in [4.78, 5) is 0.